The van der Waals surface area contributed by atoms with Crippen molar-refractivity contribution in [1.29, 1.82) is 0 Å². The van der Waals surface area contributed by atoms with Crippen LogP contribution < -0.4 is 5.32 Å². The Morgan fingerprint density at radius 2 is 2.09 bits per heavy atom. The number of aryl methyl sites for hydroxylation is 1. The highest BCUT2D eigenvalue weighted by Gasteiger charge is 2.52. The highest BCUT2D eigenvalue weighted by Crippen LogP contribution is 2.35. The molecule has 1 aromatic heterocycles. The molecule has 0 bridgehead atoms. The van der Waals surface area contributed by atoms with E-state index < -0.39 is 17.5 Å². The van der Waals surface area contributed by atoms with Crippen LogP contribution in [0.3, 0.4) is 0 Å². The minimum Gasteiger partial charge on any atom is -0.463 e. The molecule has 118 valence electrons. The minimum absolute atomic E-state index is 0.0181. The molecule has 2 heterocycles. The number of amides is 3. The fourth-order valence-corrected chi connectivity index (χ4v) is 3.21. The average Bonchev–Trinajstić information content (AvgIpc) is 3.15. The van der Waals surface area contributed by atoms with E-state index in [-0.39, 0.29) is 18.2 Å². The summed E-state index contributed by atoms with van der Waals surface area (Å²) in [4.78, 5) is 37.3. The van der Waals surface area contributed by atoms with Crippen LogP contribution >= 0.6 is 0 Å². The molecule has 7 nitrogen and oxygen atoms in total. The number of esters is 1. The van der Waals surface area contributed by atoms with Gasteiger partial charge in [-0.3, -0.25) is 9.69 Å². The molecule has 0 unspecified atom stereocenters. The molecule has 1 aliphatic heterocycles. The van der Waals surface area contributed by atoms with Crippen LogP contribution in [0, 0.1) is 6.92 Å². The summed E-state index contributed by atoms with van der Waals surface area (Å²) in [5.41, 5.74) is -0.117. The number of urea groups is 1. The minimum atomic E-state index is -0.732. The van der Waals surface area contributed by atoms with Gasteiger partial charge < -0.3 is 14.5 Å². The summed E-state index contributed by atoms with van der Waals surface area (Å²) in [6, 6.07) is 1.24. The average molecular weight is 306 g/mol. The highest BCUT2D eigenvalue weighted by molar-refractivity contribution is 6.07. The number of nitrogens with one attached hydrogen (secondary N) is 1. The van der Waals surface area contributed by atoms with Gasteiger partial charge in [-0.1, -0.05) is 12.8 Å². The fourth-order valence-electron chi connectivity index (χ4n) is 3.21. The van der Waals surface area contributed by atoms with E-state index >= 15 is 0 Å². The van der Waals surface area contributed by atoms with Crippen molar-refractivity contribution in [3.8, 4) is 0 Å². The maximum Gasteiger partial charge on any atom is 0.374 e. The van der Waals surface area contributed by atoms with E-state index in [1.807, 2.05) is 0 Å². The Morgan fingerprint density at radius 1 is 1.41 bits per heavy atom. The lowest BCUT2D eigenvalue weighted by molar-refractivity contribution is -0.131. The summed E-state index contributed by atoms with van der Waals surface area (Å²) in [6.07, 6.45) is 3.23. The van der Waals surface area contributed by atoms with Crippen molar-refractivity contribution in [1.82, 2.24) is 10.2 Å². The summed E-state index contributed by atoms with van der Waals surface area (Å²) in [5, 5.41) is 2.81. The Kier molecular flexibility index (Phi) is 3.42. The number of hydrogen-bond acceptors (Lipinski definition) is 5. The Hall–Kier alpha value is -2.31. The molecule has 2 aliphatic rings. The van der Waals surface area contributed by atoms with Gasteiger partial charge in [0.1, 0.15) is 11.3 Å². The van der Waals surface area contributed by atoms with Gasteiger partial charge in [0.15, 0.2) is 0 Å². The molecule has 1 saturated heterocycles. The van der Waals surface area contributed by atoms with Crippen LogP contribution in [0.25, 0.3) is 0 Å². The number of hydrogen-bond donors (Lipinski definition) is 1. The number of rotatable bonds is 3. The van der Waals surface area contributed by atoms with E-state index in [0.29, 0.717) is 24.2 Å². The van der Waals surface area contributed by atoms with Gasteiger partial charge in [-0.25, -0.2) is 9.59 Å². The third kappa shape index (κ3) is 2.17. The van der Waals surface area contributed by atoms with Gasteiger partial charge in [0.25, 0.3) is 5.91 Å². The topological polar surface area (TPSA) is 88.8 Å². The number of imide groups is 1. The molecule has 3 amide bonds. The molecule has 1 aliphatic carbocycles. The van der Waals surface area contributed by atoms with Crippen LogP contribution in [0.5, 0.6) is 0 Å². The van der Waals surface area contributed by atoms with Crippen LogP contribution in [-0.2, 0) is 16.1 Å². The maximum absolute atomic E-state index is 12.5. The second-order valence-corrected chi connectivity index (χ2v) is 5.83. The van der Waals surface area contributed by atoms with Crippen molar-refractivity contribution in [2.45, 2.75) is 44.7 Å². The normalized spacial score (nSPS) is 19.8. The molecule has 7 heteroatoms. The van der Waals surface area contributed by atoms with Gasteiger partial charge in [-0.15, -0.1) is 0 Å². The lowest BCUT2D eigenvalue weighted by Crippen LogP contribution is -2.44. The first-order valence-corrected chi connectivity index (χ1v) is 7.28. The summed E-state index contributed by atoms with van der Waals surface area (Å²) in [5.74, 6) is -0.298. The molecule has 1 aromatic rings. The van der Waals surface area contributed by atoms with Crippen LogP contribution in [-0.4, -0.2) is 35.5 Å². The first-order chi connectivity index (χ1) is 10.5. The summed E-state index contributed by atoms with van der Waals surface area (Å²) >= 11 is 0. The number of furan rings is 1. The molecule has 1 spiro atoms. The van der Waals surface area contributed by atoms with Crippen molar-refractivity contribution in [2.75, 3.05) is 7.11 Å². The van der Waals surface area contributed by atoms with Crippen LogP contribution in [0.4, 0.5) is 4.79 Å². The Labute approximate surface area is 127 Å². The molecule has 1 N–H and O–H groups in total. The van der Waals surface area contributed by atoms with E-state index in [1.165, 1.54) is 7.11 Å². The largest absolute Gasteiger partial charge is 0.463 e. The van der Waals surface area contributed by atoms with Gasteiger partial charge in [0.2, 0.25) is 5.76 Å². The third-order valence-corrected chi connectivity index (χ3v) is 4.36. The molecule has 0 radical (unpaired) electrons. The van der Waals surface area contributed by atoms with E-state index in [4.69, 9.17) is 4.42 Å². The number of methoxy groups -OCH3 is 1. The zero-order chi connectivity index (χ0) is 15.9. The van der Waals surface area contributed by atoms with Crippen molar-refractivity contribution < 1.29 is 23.5 Å². The van der Waals surface area contributed by atoms with Crippen molar-refractivity contribution in [2.24, 2.45) is 0 Å². The number of ether oxygens (including phenoxy) is 1. The van der Waals surface area contributed by atoms with Crippen LogP contribution in [0.1, 0.15) is 47.6 Å². The zero-order valence-electron chi connectivity index (χ0n) is 12.6. The molecule has 2 fully saturated rings. The van der Waals surface area contributed by atoms with Gasteiger partial charge in [0, 0.05) is 5.56 Å². The van der Waals surface area contributed by atoms with Crippen LogP contribution in [0.15, 0.2) is 10.5 Å². The lowest BCUT2D eigenvalue weighted by Gasteiger charge is -2.19. The first-order valence-electron chi connectivity index (χ1n) is 7.28. The quantitative estimate of drug-likeness (QED) is 0.678. The van der Waals surface area contributed by atoms with Gasteiger partial charge in [-0.05, 0) is 25.8 Å². The molecule has 22 heavy (non-hydrogen) atoms. The van der Waals surface area contributed by atoms with Gasteiger partial charge in [0.05, 0.1) is 13.7 Å². The molecule has 0 atom stereocenters. The number of carbonyl (C=O) groups is 3. The third-order valence-electron chi connectivity index (χ3n) is 4.36. The van der Waals surface area contributed by atoms with E-state index in [0.717, 1.165) is 17.7 Å². The van der Waals surface area contributed by atoms with E-state index in [1.54, 1.807) is 13.0 Å². The highest BCUT2D eigenvalue weighted by atomic mass is 16.5. The molecule has 0 aromatic carbocycles. The zero-order valence-corrected chi connectivity index (χ0v) is 12.6. The predicted octanol–water partition coefficient (Wildman–Crippen LogP) is 1.74. The van der Waals surface area contributed by atoms with Crippen molar-refractivity contribution in [3.05, 3.63) is 23.2 Å². The standard InChI is InChI=1S/C15H18N2O5/c1-9-7-10(22-11(9)12(18)21-2)8-17-13(19)15(16-14(17)20)5-3-4-6-15/h7H,3-6,8H2,1-2H3,(H,16,20). The smallest absolute Gasteiger partial charge is 0.374 e. The molecular formula is C15H18N2O5. The monoisotopic (exact) mass is 306 g/mol. The molecule has 1 saturated carbocycles. The molecule has 3 rings (SSSR count). The molecular weight excluding hydrogens is 288 g/mol. The first kappa shape index (κ1) is 14.6. The fraction of sp³-hybridized carbons (Fsp3) is 0.533. The van der Waals surface area contributed by atoms with E-state index in [9.17, 15) is 14.4 Å². The predicted molar refractivity (Wildman–Crippen MR) is 75.1 cm³/mol. The maximum atomic E-state index is 12.5. The van der Waals surface area contributed by atoms with Gasteiger partial charge in [-0.2, -0.15) is 0 Å². The Bertz CT molecular complexity index is 642. The van der Waals surface area contributed by atoms with E-state index in [2.05, 4.69) is 10.1 Å². The summed E-state index contributed by atoms with van der Waals surface area (Å²) in [6.45, 7) is 1.73. The number of carbonyl (C=O) groups excluding carboxylic acids is 3. The second-order valence-electron chi connectivity index (χ2n) is 5.83. The second kappa shape index (κ2) is 5.15. The Balaban J connectivity index is 1.80. The lowest BCUT2D eigenvalue weighted by atomic mass is 9.98. The van der Waals surface area contributed by atoms with Crippen LogP contribution in [0.2, 0.25) is 0 Å². The number of nitrogens with zero attached hydrogens (tertiary/aromatic N) is 1. The Morgan fingerprint density at radius 3 is 2.73 bits per heavy atom. The summed E-state index contributed by atoms with van der Waals surface area (Å²) in [7, 11) is 1.27. The SMILES string of the molecule is COC(=O)c1oc(CN2C(=O)NC3(CCCC3)C2=O)cc1C. The van der Waals surface area contributed by atoms with Crippen molar-refractivity contribution in [3.63, 3.8) is 0 Å². The van der Waals surface area contributed by atoms with Crippen molar-refractivity contribution >= 4 is 17.9 Å². The van der Waals surface area contributed by atoms with Gasteiger partial charge >= 0.3 is 12.0 Å². The summed E-state index contributed by atoms with van der Waals surface area (Å²) < 4.78 is 10.1.